The molecule has 0 radical (unpaired) electrons. The van der Waals surface area contributed by atoms with E-state index >= 15 is 0 Å². The first-order valence-corrected chi connectivity index (χ1v) is 10.3. The van der Waals surface area contributed by atoms with E-state index in [1.165, 1.54) is 28.0 Å². The minimum absolute atomic E-state index is 1.03. The Morgan fingerprint density at radius 3 is 2.14 bits per heavy atom. The molecule has 0 N–H and O–H groups in total. The number of hydrogen-bond donors (Lipinski definition) is 0. The van der Waals surface area contributed by atoms with E-state index in [-0.39, 0.29) is 0 Å². The molecule has 0 aliphatic heterocycles. The molecule has 1 aromatic heterocycles. The Bertz CT molecular complexity index is 1120. The summed E-state index contributed by atoms with van der Waals surface area (Å²) in [5, 5.41) is 0. The van der Waals surface area contributed by atoms with Gasteiger partial charge in [-0.05, 0) is 61.9 Å². The number of hydrogen-bond acceptors (Lipinski definition) is 1. The highest BCUT2D eigenvalue weighted by molar-refractivity contribution is 5.78. The van der Waals surface area contributed by atoms with Crippen LogP contribution >= 0.6 is 0 Å². The molecule has 0 saturated carbocycles. The Hall–Kier alpha value is -3.33. The van der Waals surface area contributed by atoms with E-state index in [4.69, 9.17) is 0 Å². The zero-order chi connectivity index (χ0) is 20.2. The number of rotatable bonds is 6. The largest absolute Gasteiger partial charge is 0.372 e. The number of benzene rings is 3. The van der Waals surface area contributed by atoms with Crippen molar-refractivity contribution >= 4 is 28.9 Å². The van der Waals surface area contributed by atoms with Gasteiger partial charge in [-0.15, -0.1) is 0 Å². The summed E-state index contributed by atoms with van der Waals surface area (Å²) < 4.78 is 4.57. The van der Waals surface area contributed by atoms with Crippen molar-refractivity contribution in [1.29, 1.82) is 0 Å². The van der Waals surface area contributed by atoms with Gasteiger partial charge in [-0.25, -0.2) is 4.57 Å². The molecule has 0 unspecified atom stereocenters. The molecule has 4 rings (SSSR count). The highest BCUT2D eigenvalue weighted by Gasteiger charge is 2.21. The fourth-order valence-corrected chi connectivity index (χ4v) is 3.92. The zero-order valence-electron chi connectivity index (χ0n) is 17.4. The van der Waals surface area contributed by atoms with Crippen LogP contribution in [-0.2, 0) is 7.05 Å². The number of para-hydroxylation sites is 3. The molecule has 29 heavy (non-hydrogen) atoms. The molecule has 0 bridgehead atoms. The average Bonchev–Trinajstić information content (AvgIpc) is 3.06. The molecule has 0 amide bonds. The topological polar surface area (TPSA) is 12.1 Å². The van der Waals surface area contributed by atoms with E-state index in [2.05, 4.69) is 126 Å². The lowest BCUT2D eigenvalue weighted by atomic mass is 10.1. The van der Waals surface area contributed by atoms with Crippen molar-refractivity contribution in [2.45, 2.75) is 13.8 Å². The molecule has 0 aliphatic carbocycles. The lowest BCUT2D eigenvalue weighted by molar-refractivity contribution is -0.647. The lowest BCUT2D eigenvalue weighted by Crippen LogP contribution is -2.30. The molecule has 0 fully saturated rings. The number of aryl methyl sites for hydroxylation is 1. The molecule has 0 spiro atoms. The zero-order valence-corrected chi connectivity index (χ0v) is 17.4. The first-order chi connectivity index (χ1) is 14.2. The number of aromatic nitrogens is 2. The third-order valence-corrected chi connectivity index (χ3v) is 5.52. The van der Waals surface area contributed by atoms with Gasteiger partial charge < -0.3 is 4.90 Å². The average molecular weight is 383 g/mol. The smallest absolute Gasteiger partial charge is 0.287 e. The predicted octanol–water partition coefficient (Wildman–Crippen LogP) is 5.47. The Morgan fingerprint density at radius 1 is 0.793 bits per heavy atom. The van der Waals surface area contributed by atoms with E-state index in [0.717, 1.165) is 18.9 Å². The first kappa shape index (κ1) is 19.0. The standard InChI is InChI=1S/C26H28N3/c1-4-28(5-2)22-18-15-21(16-19-22)17-20-26-27(3)24-13-9-10-14-25(24)29(26)23-11-7-6-8-12-23/h6-20H,4-5H2,1-3H3/q+1. The van der Waals surface area contributed by atoms with Crippen LogP contribution in [0.3, 0.4) is 0 Å². The maximum absolute atomic E-state index is 2.36. The molecule has 0 saturated heterocycles. The van der Waals surface area contributed by atoms with E-state index in [1.807, 2.05) is 0 Å². The van der Waals surface area contributed by atoms with Gasteiger partial charge in [-0.1, -0.05) is 42.5 Å². The summed E-state index contributed by atoms with van der Waals surface area (Å²) in [6.07, 6.45) is 4.40. The minimum Gasteiger partial charge on any atom is -0.372 e. The third-order valence-electron chi connectivity index (χ3n) is 5.52. The second kappa shape index (κ2) is 8.36. The maximum atomic E-state index is 2.36. The molecule has 146 valence electrons. The van der Waals surface area contributed by atoms with Gasteiger partial charge in [0, 0.05) is 24.9 Å². The van der Waals surface area contributed by atoms with Crippen LogP contribution in [0.25, 0.3) is 28.9 Å². The summed E-state index contributed by atoms with van der Waals surface area (Å²) in [7, 11) is 2.13. The summed E-state index contributed by atoms with van der Waals surface area (Å²) in [4.78, 5) is 2.36. The predicted molar refractivity (Wildman–Crippen MR) is 123 cm³/mol. The van der Waals surface area contributed by atoms with Crippen molar-refractivity contribution < 1.29 is 4.57 Å². The minimum atomic E-state index is 1.03. The Labute approximate surface area is 173 Å². The van der Waals surface area contributed by atoms with Gasteiger partial charge in [0.25, 0.3) is 5.82 Å². The van der Waals surface area contributed by atoms with Crippen LogP contribution in [0.2, 0.25) is 0 Å². The van der Waals surface area contributed by atoms with Gasteiger partial charge in [-0.3, -0.25) is 0 Å². The second-order valence-corrected chi connectivity index (χ2v) is 7.17. The second-order valence-electron chi connectivity index (χ2n) is 7.17. The van der Waals surface area contributed by atoms with Crippen LogP contribution in [-0.4, -0.2) is 17.7 Å². The molecule has 1 heterocycles. The number of fused-ring (bicyclic) bond motifs is 1. The van der Waals surface area contributed by atoms with Crippen LogP contribution in [0.4, 0.5) is 5.69 Å². The van der Waals surface area contributed by atoms with Gasteiger partial charge in [0.15, 0.2) is 11.0 Å². The fraction of sp³-hybridized carbons (Fsp3) is 0.192. The number of anilines is 1. The van der Waals surface area contributed by atoms with E-state index in [1.54, 1.807) is 0 Å². The first-order valence-electron chi connectivity index (χ1n) is 10.3. The quantitative estimate of drug-likeness (QED) is 0.403. The van der Waals surface area contributed by atoms with Crippen molar-refractivity contribution in [3.8, 4) is 5.69 Å². The lowest BCUT2D eigenvalue weighted by Gasteiger charge is -2.20. The van der Waals surface area contributed by atoms with Gasteiger partial charge in [0.2, 0.25) is 0 Å². The highest BCUT2D eigenvalue weighted by Crippen LogP contribution is 2.22. The molecular formula is C26H28N3+. The van der Waals surface area contributed by atoms with E-state index in [0.29, 0.717) is 0 Å². The molecule has 3 heteroatoms. The van der Waals surface area contributed by atoms with E-state index < -0.39 is 0 Å². The number of imidazole rings is 1. The molecule has 4 aromatic rings. The van der Waals surface area contributed by atoms with Crippen molar-refractivity contribution in [2.75, 3.05) is 18.0 Å². The number of nitrogens with zero attached hydrogens (tertiary/aromatic N) is 3. The van der Waals surface area contributed by atoms with Crippen molar-refractivity contribution in [1.82, 2.24) is 4.57 Å². The summed E-state index contributed by atoms with van der Waals surface area (Å²) in [6.45, 7) is 6.44. The maximum Gasteiger partial charge on any atom is 0.287 e. The van der Waals surface area contributed by atoms with E-state index in [9.17, 15) is 0 Å². The molecule has 0 atom stereocenters. The third kappa shape index (κ3) is 3.68. The van der Waals surface area contributed by atoms with Crippen LogP contribution < -0.4 is 9.47 Å². The molecule has 3 aromatic carbocycles. The normalized spacial score (nSPS) is 11.4. The van der Waals surface area contributed by atoms with Gasteiger partial charge in [0.05, 0.1) is 7.05 Å². The van der Waals surface area contributed by atoms with Crippen LogP contribution in [0.15, 0.2) is 78.9 Å². The molecular weight excluding hydrogens is 354 g/mol. The van der Waals surface area contributed by atoms with Gasteiger partial charge in [-0.2, -0.15) is 4.57 Å². The molecule has 0 aliphatic rings. The Balaban J connectivity index is 1.76. The summed E-state index contributed by atoms with van der Waals surface area (Å²) in [6, 6.07) is 27.9. The summed E-state index contributed by atoms with van der Waals surface area (Å²) in [5.74, 6) is 1.14. The summed E-state index contributed by atoms with van der Waals surface area (Å²) in [5.41, 5.74) is 6.06. The van der Waals surface area contributed by atoms with Gasteiger partial charge >= 0.3 is 0 Å². The Morgan fingerprint density at radius 2 is 1.45 bits per heavy atom. The van der Waals surface area contributed by atoms with Crippen LogP contribution in [0, 0.1) is 0 Å². The van der Waals surface area contributed by atoms with Crippen molar-refractivity contribution in [3.63, 3.8) is 0 Å². The van der Waals surface area contributed by atoms with Crippen molar-refractivity contribution in [3.05, 3.63) is 90.3 Å². The fourth-order valence-electron chi connectivity index (χ4n) is 3.92. The van der Waals surface area contributed by atoms with Gasteiger partial charge in [0.1, 0.15) is 5.69 Å². The van der Waals surface area contributed by atoms with Crippen LogP contribution in [0.5, 0.6) is 0 Å². The SMILES string of the molecule is CCN(CC)c1ccc(C=Cc2n(-c3ccccc3)c3ccccc3[n+]2C)cc1. The monoisotopic (exact) mass is 382 g/mol. The van der Waals surface area contributed by atoms with Crippen LogP contribution in [0.1, 0.15) is 25.2 Å². The van der Waals surface area contributed by atoms with Crippen molar-refractivity contribution in [2.24, 2.45) is 7.05 Å². The highest BCUT2D eigenvalue weighted by atomic mass is 15.2. The molecule has 3 nitrogen and oxygen atoms in total. The Kier molecular flexibility index (Phi) is 5.48. The summed E-state index contributed by atoms with van der Waals surface area (Å²) >= 11 is 0.